The molecule has 1 nitrogen and oxygen atoms in total. The van der Waals surface area contributed by atoms with E-state index in [1.807, 2.05) is 82.2 Å². The number of fused-ring (bicyclic) bond motifs is 5. The van der Waals surface area contributed by atoms with Crippen LogP contribution < -0.4 is 0 Å². The SMILES string of the molecule is C.CC.CC.CC.CC.CC.CCO[C@H]1Cc2ccccc2[C@H]1C.CC[C@H]1Cc2ccccc2[C@H]1C.C[C@@H]1c2ccccc2C[C@@H]1C.C[C@H]1CCc2c(F)ccc(F)c21.C[C@H]1CCc2cccc(F)c21. The van der Waals surface area contributed by atoms with Crippen LogP contribution in [0.4, 0.5) is 13.2 Å². The van der Waals surface area contributed by atoms with Gasteiger partial charge in [-0.3, -0.25) is 0 Å². The van der Waals surface area contributed by atoms with E-state index in [0.717, 1.165) is 61.5 Å². The number of hydrogen-bond donors (Lipinski definition) is 0. The summed E-state index contributed by atoms with van der Waals surface area (Å²) >= 11 is 0. The van der Waals surface area contributed by atoms with Crippen LogP contribution in [0.25, 0.3) is 0 Å². The summed E-state index contributed by atoms with van der Waals surface area (Å²) in [5.41, 5.74) is 12.6. The molecule has 5 aliphatic carbocycles. The third-order valence-corrected chi connectivity index (χ3v) is 14.2. The fourth-order valence-electron chi connectivity index (χ4n) is 10.3. The summed E-state index contributed by atoms with van der Waals surface area (Å²) in [6, 6.07) is 34.2. The molecule has 4 heteroatoms. The van der Waals surface area contributed by atoms with Crippen LogP contribution in [-0.4, -0.2) is 12.7 Å². The molecule has 0 radical (unpaired) electrons. The first-order valence-corrected chi connectivity index (χ1v) is 27.5. The molecule has 0 N–H and O–H groups in total. The second-order valence-electron chi connectivity index (χ2n) is 17.8. The second-order valence-corrected chi connectivity index (χ2v) is 17.8. The average molecular weight is 968 g/mol. The highest BCUT2D eigenvalue weighted by Crippen LogP contribution is 2.40. The summed E-state index contributed by atoms with van der Waals surface area (Å²) in [4.78, 5) is 0. The Morgan fingerprint density at radius 2 is 0.871 bits per heavy atom. The van der Waals surface area contributed by atoms with E-state index >= 15 is 0 Å². The lowest BCUT2D eigenvalue weighted by atomic mass is 9.93. The molecule has 70 heavy (non-hydrogen) atoms. The topological polar surface area (TPSA) is 9.23 Å². The smallest absolute Gasteiger partial charge is 0.127 e. The normalized spacial score (nSPS) is 21.4. The first-order valence-electron chi connectivity index (χ1n) is 27.5. The first kappa shape index (κ1) is 65.9. The molecule has 0 bridgehead atoms. The molecule has 10 rings (SSSR count). The molecule has 0 amide bonds. The summed E-state index contributed by atoms with van der Waals surface area (Å²) in [7, 11) is 0. The van der Waals surface area contributed by atoms with Gasteiger partial charge in [0.2, 0.25) is 0 Å². The molecule has 0 aliphatic heterocycles. The van der Waals surface area contributed by atoms with Crippen LogP contribution in [0, 0.1) is 29.3 Å². The quantitative estimate of drug-likeness (QED) is 0.175. The Balaban J connectivity index is 0.000000810. The highest BCUT2D eigenvalue weighted by Gasteiger charge is 2.30. The van der Waals surface area contributed by atoms with Gasteiger partial charge in [-0.25, -0.2) is 13.2 Å². The van der Waals surface area contributed by atoms with E-state index in [9.17, 15) is 13.2 Å². The van der Waals surface area contributed by atoms with Crippen molar-refractivity contribution in [3.8, 4) is 0 Å². The van der Waals surface area contributed by atoms with Gasteiger partial charge >= 0.3 is 0 Å². The van der Waals surface area contributed by atoms with Crippen LogP contribution in [0.3, 0.4) is 0 Å². The van der Waals surface area contributed by atoms with Crippen molar-refractivity contribution in [2.45, 2.75) is 219 Å². The van der Waals surface area contributed by atoms with Crippen molar-refractivity contribution in [1.29, 1.82) is 0 Å². The molecular formula is C66H101F3O. The Labute approximate surface area is 429 Å². The van der Waals surface area contributed by atoms with Crippen LogP contribution in [0.1, 0.15) is 237 Å². The van der Waals surface area contributed by atoms with Gasteiger partial charge in [0, 0.05) is 12.5 Å². The molecule has 0 heterocycles. The maximum Gasteiger partial charge on any atom is 0.127 e. The number of hydrogen-bond acceptors (Lipinski definition) is 1. The molecule has 0 unspecified atom stereocenters. The number of ether oxygens (including phenoxy) is 1. The van der Waals surface area contributed by atoms with Gasteiger partial charge in [0.1, 0.15) is 17.5 Å². The lowest BCUT2D eigenvalue weighted by Crippen LogP contribution is -2.16. The van der Waals surface area contributed by atoms with Crippen molar-refractivity contribution in [3.63, 3.8) is 0 Å². The van der Waals surface area contributed by atoms with E-state index in [2.05, 4.69) is 121 Å². The van der Waals surface area contributed by atoms with Gasteiger partial charge in [-0.15, -0.1) is 0 Å². The molecule has 0 aromatic heterocycles. The van der Waals surface area contributed by atoms with E-state index in [-0.39, 0.29) is 30.8 Å². The van der Waals surface area contributed by atoms with Crippen molar-refractivity contribution in [2.24, 2.45) is 11.8 Å². The molecule has 8 atom stereocenters. The molecular weight excluding hydrogens is 866 g/mol. The van der Waals surface area contributed by atoms with E-state index in [0.29, 0.717) is 35.5 Å². The maximum absolute atomic E-state index is 13.2. The van der Waals surface area contributed by atoms with Gasteiger partial charge in [0.05, 0.1) is 6.10 Å². The minimum atomic E-state index is -0.254. The largest absolute Gasteiger partial charge is 0.378 e. The van der Waals surface area contributed by atoms with Crippen LogP contribution >= 0.6 is 0 Å². The standard InChI is InChI=1S/C12H16O.C12H16.C11H14.C10H10F2.C10H11F.5C2H6.CH4/c1-3-13-12-8-10-6-4-5-7-11(10)9(12)2;1-3-10-8-11-6-4-5-7-12(11)9(10)2;1-8-7-10-5-3-4-6-11(10)9(8)2;1-6-2-3-7-8(11)4-5-9(12)10(6)7;1-7-5-6-8-3-2-4-9(11)10(7)8;5*1-2;/h4-7,9,12H,3,8H2,1-2H3;4-7,9-10H,3,8H2,1-2H3;3-6,8-9H,7H2,1-2H3;4-6H,2-3H2,1H3;2-4,7H,5-6H2,1H3;5*1-2H3;1H4/t9-,12+;9-,10-;8-,9-;6-;7-;;;;;;/m10000....../s1. The zero-order valence-corrected chi connectivity index (χ0v) is 46.8. The second kappa shape index (κ2) is 35.9. The van der Waals surface area contributed by atoms with E-state index in [1.54, 1.807) is 34.4 Å². The van der Waals surface area contributed by atoms with E-state index in [1.165, 1.54) is 48.1 Å². The number of halogens is 3. The van der Waals surface area contributed by atoms with Crippen molar-refractivity contribution >= 4 is 0 Å². The zero-order chi connectivity index (χ0) is 52.2. The summed E-state index contributed by atoms with van der Waals surface area (Å²) in [6.07, 6.45) is 9.09. The van der Waals surface area contributed by atoms with Crippen molar-refractivity contribution in [1.82, 2.24) is 0 Å². The van der Waals surface area contributed by atoms with Crippen LogP contribution in [0.15, 0.2) is 103 Å². The molecule has 0 spiro atoms. The highest BCUT2D eigenvalue weighted by atomic mass is 19.1. The molecule has 0 saturated carbocycles. The van der Waals surface area contributed by atoms with Crippen LogP contribution in [-0.2, 0) is 36.8 Å². The Morgan fingerprint density at radius 1 is 0.443 bits per heavy atom. The zero-order valence-electron chi connectivity index (χ0n) is 46.8. The first-order chi connectivity index (χ1) is 33.4. The molecule has 5 aliphatic rings. The molecule has 0 saturated heterocycles. The Morgan fingerprint density at radius 3 is 1.34 bits per heavy atom. The van der Waals surface area contributed by atoms with Gasteiger partial charge < -0.3 is 4.74 Å². The summed E-state index contributed by atoms with van der Waals surface area (Å²) in [5, 5.41) is 0. The minimum absolute atomic E-state index is 0. The van der Waals surface area contributed by atoms with Gasteiger partial charge in [0.15, 0.2) is 0 Å². The third kappa shape index (κ3) is 17.9. The average Bonchev–Trinajstić information content (AvgIpc) is 4.22. The van der Waals surface area contributed by atoms with E-state index in [4.69, 9.17) is 4.74 Å². The number of aryl methyl sites for hydroxylation is 1. The number of rotatable bonds is 3. The molecule has 0 fully saturated rings. The minimum Gasteiger partial charge on any atom is -0.378 e. The third-order valence-electron chi connectivity index (χ3n) is 14.2. The number of benzene rings is 5. The summed E-state index contributed by atoms with van der Waals surface area (Å²) in [5.74, 6) is 3.92. The Bertz CT molecular complexity index is 2140. The molecule has 392 valence electrons. The predicted molar refractivity (Wildman–Crippen MR) is 304 cm³/mol. The predicted octanol–water partition coefficient (Wildman–Crippen LogP) is 20.8. The fourth-order valence-corrected chi connectivity index (χ4v) is 10.3. The lowest BCUT2D eigenvalue weighted by molar-refractivity contribution is 0.0555. The fraction of sp³-hybridized carbons (Fsp3) is 0.545. The van der Waals surface area contributed by atoms with E-state index < -0.39 is 0 Å². The van der Waals surface area contributed by atoms with Gasteiger partial charge in [0.25, 0.3) is 0 Å². The van der Waals surface area contributed by atoms with Crippen molar-refractivity contribution in [2.75, 3.05) is 6.61 Å². The maximum atomic E-state index is 13.2. The van der Waals surface area contributed by atoms with Gasteiger partial charge in [-0.1, -0.05) is 216 Å². The molecule has 5 aromatic carbocycles. The Kier molecular flexibility index (Phi) is 33.7. The van der Waals surface area contributed by atoms with Crippen LogP contribution in [0.5, 0.6) is 0 Å². The molecule has 5 aromatic rings. The van der Waals surface area contributed by atoms with Gasteiger partial charge in [-0.2, -0.15) is 0 Å². The van der Waals surface area contributed by atoms with Crippen LogP contribution in [0.2, 0.25) is 0 Å². The summed E-state index contributed by atoms with van der Waals surface area (Å²) < 4.78 is 45.1. The summed E-state index contributed by atoms with van der Waals surface area (Å²) in [6.45, 7) is 38.5. The lowest BCUT2D eigenvalue weighted by Gasteiger charge is -2.15. The monoisotopic (exact) mass is 967 g/mol. The highest BCUT2D eigenvalue weighted by molar-refractivity contribution is 5.39. The Hall–Kier alpha value is -4.15. The van der Waals surface area contributed by atoms with Crippen molar-refractivity contribution in [3.05, 3.63) is 176 Å². The van der Waals surface area contributed by atoms with Gasteiger partial charge in [-0.05, 0) is 161 Å². The van der Waals surface area contributed by atoms with Crippen molar-refractivity contribution < 1.29 is 17.9 Å².